The monoisotopic (exact) mass is 452 g/mol. The summed E-state index contributed by atoms with van der Waals surface area (Å²) in [4.78, 5) is 17.1. The molecule has 5 heteroatoms. The Morgan fingerprint density at radius 3 is 2.39 bits per heavy atom. The molecule has 0 saturated carbocycles. The molecule has 0 aromatic heterocycles. The Bertz CT molecular complexity index is 917. The number of benzene rings is 2. The second kappa shape index (κ2) is 11.1. The number of rotatable bonds is 9. The molecule has 180 valence electrons. The summed E-state index contributed by atoms with van der Waals surface area (Å²) < 4.78 is 10.8. The number of likely N-dealkylation sites (tertiary alicyclic amines) is 1. The van der Waals surface area contributed by atoms with Crippen LogP contribution in [0.15, 0.2) is 48.5 Å². The van der Waals surface area contributed by atoms with E-state index in [1.165, 1.54) is 5.56 Å². The second-order valence-corrected chi connectivity index (χ2v) is 9.80. The first-order valence-corrected chi connectivity index (χ1v) is 12.0. The third kappa shape index (κ3) is 6.08. The van der Waals surface area contributed by atoms with Crippen molar-refractivity contribution >= 4 is 5.91 Å². The molecule has 1 aliphatic rings. The van der Waals surface area contributed by atoms with E-state index in [9.17, 15) is 4.79 Å². The summed E-state index contributed by atoms with van der Waals surface area (Å²) in [6.07, 6.45) is 3.19. The third-order valence-corrected chi connectivity index (χ3v) is 7.61. The van der Waals surface area contributed by atoms with E-state index in [0.29, 0.717) is 30.0 Å². The van der Waals surface area contributed by atoms with E-state index < -0.39 is 0 Å². The topological polar surface area (TPSA) is 42.0 Å². The molecule has 1 heterocycles. The van der Waals surface area contributed by atoms with Gasteiger partial charge in [-0.05, 0) is 67.8 Å². The van der Waals surface area contributed by atoms with Gasteiger partial charge in [0.2, 0.25) is 5.91 Å². The predicted molar refractivity (Wildman–Crippen MR) is 134 cm³/mol. The molecular weight excluding hydrogens is 412 g/mol. The van der Waals surface area contributed by atoms with Gasteiger partial charge in [0.25, 0.3) is 0 Å². The highest BCUT2D eigenvalue weighted by molar-refractivity contribution is 5.73. The summed E-state index contributed by atoms with van der Waals surface area (Å²) in [5.41, 5.74) is 2.60. The van der Waals surface area contributed by atoms with Crippen molar-refractivity contribution in [2.24, 2.45) is 11.3 Å². The lowest BCUT2D eigenvalue weighted by Crippen LogP contribution is -2.51. The van der Waals surface area contributed by atoms with E-state index in [0.717, 1.165) is 37.9 Å². The number of piperidine rings is 1. The smallest absolute Gasteiger partial charge is 0.219 e. The first-order valence-electron chi connectivity index (χ1n) is 12.0. The first-order chi connectivity index (χ1) is 15.8. The minimum absolute atomic E-state index is 0.105. The SMILES string of the molecule is COc1ccc(CN(CC[C@]2(Cc3ccccc3)C[C@H](C)N(C)C[C@@H]2C)C(C)=O)cc1OC. The molecule has 0 N–H and O–H groups in total. The fourth-order valence-corrected chi connectivity index (χ4v) is 5.34. The zero-order valence-corrected chi connectivity index (χ0v) is 21.1. The van der Waals surface area contributed by atoms with Crippen molar-refractivity contribution in [3.8, 4) is 11.5 Å². The second-order valence-electron chi connectivity index (χ2n) is 9.80. The van der Waals surface area contributed by atoms with Crippen LogP contribution in [0, 0.1) is 11.3 Å². The van der Waals surface area contributed by atoms with Crippen LogP contribution < -0.4 is 9.47 Å². The number of hydrogen-bond acceptors (Lipinski definition) is 4. The van der Waals surface area contributed by atoms with Crippen LogP contribution in [-0.2, 0) is 17.8 Å². The third-order valence-electron chi connectivity index (χ3n) is 7.61. The Kier molecular flexibility index (Phi) is 8.41. The molecule has 3 atom stereocenters. The summed E-state index contributed by atoms with van der Waals surface area (Å²) >= 11 is 0. The summed E-state index contributed by atoms with van der Waals surface area (Å²) in [7, 11) is 5.50. The normalized spacial score (nSPS) is 23.2. The minimum atomic E-state index is 0.105. The molecule has 2 aromatic carbocycles. The zero-order valence-electron chi connectivity index (χ0n) is 21.1. The lowest BCUT2D eigenvalue weighted by molar-refractivity contribution is -0.130. The lowest BCUT2D eigenvalue weighted by atomic mass is 9.63. The van der Waals surface area contributed by atoms with Crippen molar-refractivity contribution in [3.63, 3.8) is 0 Å². The van der Waals surface area contributed by atoms with E-state index in [1.54, 1.807) is 21.1 Å². The van der Waals surface area contributed by atoms with Crippen molar-refractivity contribution in [1.29, 1.82) is 0 Å². The Morgan fingerprint density at radius 2 is 1.76 bits per heavy atom. The zero-order chi connectivity index (χ0) is 24.0. The Morgan fingerprint density at radius 1 is 1.06 bits per heavy atom. The summed E-state index contributed by atoms with van der Waals surface area (Å²) in [6.45, 7) is 8.79. The van der Waals surface area contributed by atoms with E-state index >= 15 is 0 Å². The maximum atomic E-state index is 12.6. The number of ether oxygens (including phenoxy) is 2. The van der Waals surface area contributed by atoms with Crippen LogP contribution in [0.1, 0.15) is 44.7 Å². The van der Waals surface area contributed by atoms with Crippen LogP contribution in [0.2, 0.25) is 0 Å². The van der Waals surface area contributed by atoms with Crippen molar-refractivity contribution in [3.05, 3.63) is 59.7 Å². The van der Waals surface area contributed by atoms with Crippen LogP contribution in [0.5, 0.6) is 11.5 Å². The van der Waals surface area contributed by atoms with E-state index in [4.69, 9.17) is 9.47 Å². The number of carbonyl (C=O) groups is 1. The average Bonchev–Trinajstić information content (AvgIpc) is 2.80. The molecule has 0 radical (unpaired) electrons. The van der Waals surface area contributed by atoms with Crippen molar-refractivity contribution in [1.82, 2.24) is 9.80 Å². The number of amides is 1. The van der Waals surface area contributed by atoms with Gasteiger partial charge in [0.1, 0.15) is 0 Å². The fraction of sp³-hybridized carbons (Fsp3) is 0.536. The van der Waals surface area contributed by atoms with Crippen LogP contribution in [-0.4, -0.2) is 56.1 Å². The van der Waals surface area contributed by atoms with Crippen molar-refractivity contribution in [2.75, 3.05) is 34.4 Å². The first kappa shape index (κ1) is 25.1. The molecule has 1 amide bonds. The van der Waals surface area contributed by atoms with Gasteiger partial charge < -0.3 is 19.3 Å². The van der Waals surface area contributed by atoms with Gasteiger partial charge in [0.05, 0.1) is 14.2 Å². The Hall–Kier alpha value is -2.53. The van der Waals surface area contributed by atoms with Gasteiger partial charge in [-0.3, -0.25) is 4.79 Å². The quantitative estimate of drug-likeness (QED) is 0.535. The van der Waals surface area contributed by atoms with Gasteiger partial charge >= 0.3 is 0 Å². The lowest BCUT2D eigenvalue weighted by Gasteiger charge is -2.50. The van der Waals surface area contributed by atoms with Gasteiger partial charge in [0.15, 0.2) is 11.5 Å². The van der Waals surface area contributed by atoms with Gasteiger partial charge in [0, 0.05) is 32.6 Å². The summed E-state index contributed by atoms with van der Waals surface area (Å²) in [6, 6.07) is 17.2. The molecule has 0 unspecified atom stereocenters. The number of nitrogens with zero attached hydrogens (tertiary/aromatic N) is 2. The molecule has 33 heavy (non-hydrogen) atoms. The van der Waals surface area contributed by atoms with Gasteiger partial charge in [-0.25, -0.2) is 0 Å². The highest BCUT2D eigenvalue weighted by Crippen LogP contribution is 2.44. The highest BCUT2D eigenvalue weighted by Gasteiger charge is 2.42. The molecule has 0 spiro atoms. The maximum Gasteiger partial charge on any atom is 0.219 e. The Balaban J connectivity index is 1.80. The van der Waals surface area contributed by atoms with Crippen molar-refractivity contribution < 1.29 is 14.3 Å². The van der Waals surface area contributed by atoms with E-state index in [-0.39, 0.29) is 11.3 Å². The summed E-state index contributed by atoms with van der Waals surface area (Å²) in [5, 5.41) is 0. The molecule has 1 fully saturated rings. The molecule has 3 rings (SSSR count). The van der Waals surface area contributed by atoms with Crippen LogP contribution in [0.4, 0.5) is 0 Å². The van der Waals surface area contributed by atoms with E-state index in [1.807, 2.05) is 23.1 Å². The van der Waals surface area contributed by atoms with Crippen LogP contribution in [0.3, 0.4) is 0 Å². The fourth-order valence-electron chi connectivity index (χ4n) is 5.34. The standard InChI is InChI=1S/C28H40N2O3/c1-21-19-29(4)22(2)17-28(21,18-24-10-8-7-9-11-24)14-15-30(23(3)31)20-25-12-13-26(32-5)27(16-25)33-6/h7-13,16,21-22H,14-15,17-20H2,1-6H3/t21-,22-,28+/m0/s1. The van der Waals surface area contributed by atoms with Crippen molar-refractivity contribution in [2.45, 2.75) is 52.6 Å². The molecule has 1 aliphatic heterocycles. The molecular formula is C28H40N2O3. The average molecular weight is 453 g/mol. The molecule has 0 aliphatic carbocycles. The van der Waals surface area contributed by atoms with Gasteiger partial charge in [-0.2, -0.15) is 0 Å². The van der Waals surface area contributed by atoms with Gasteiger partial charge in [-0.1, -0.05) is 43.3 Å². The van der Waals surface area contributed by atoms with Crippen LogP contribution in [0.25, 0.3) is 0 Å². The molecule has 1 saturated heterocycles. The largest absolute Gasteiger partial charge is 0.493 e. The highest BCUT2D eigenvalue weighted by atomic mass is 16.5. The maximum absolute atomic E-state index is 12.6. The van der Waals surface area contributed by atoms with E-state index in [2.05, 4.69) is 56.1 Å². The number of methoxy groups -OCH3 is 2. The predicted octanol–water partition coefficient (Wildman–Crippen LogP) is 5.03. The van der Waals surface area contributed by atoms with Gasteiger partial charge in [-0.15, -0.1) is 0 Å². The molecule has 5 nitrogen and oxygen atoms in total. The Labute approximate surface area is 199 Å². The molecule has 2 aromatic rings. The number of carbonyl (C=O) groups excluding carboxylic acids is 1. The van der Waals surface area contributed by atoms with Crippen LogP contribution >= 0.6 is 0 Å². The number of hydrogen-bond donors (Lipinski definition) is 0. The summed E-state index contributed by atoms with van der Waals surface area (Å²) in [5.74, 6) is 2.05. The molecule has 0 bridgehead atoms. The minimum Gasteiger partial charge on any atom is -0.493 e.